The van der Waals surface area contributed by atoms with Crippen LogP contribution in [-0.4, -0.2) is 126 Å². The molecule has 4 heterocycles. The molecule has 5 aliphatic rings. The maximum Gasteiger partial charge on any atom is 0.407 e. The molecule has 0 aromatic heterocycles. The molecule has 7 rings (SSSR count). The first-order valence-corrected chi connectivity index (χ1v) is 19.7. The highest BCUT2D eigenvalue weighted by atomic mass is 32.2. The summed E-state index contributed by atoms with van der Waals surface area (Å²) >= 11 is 1.82. The molecule has 2 aromatic carbocycles. The van der Waals surface area contributed by atoms with Crippen LogP contribution in [0.5, 0.6) is 0 Å². The van der Waals surface area contributed by atoms with Crippen molar-refractivity contribution in [1.82, 2.24) is 15.1 Å². The summed E-state index contributed by atoms with van der Waals surface area (Å²) in [7, 11) is 3.29. The maximum absolute atomic E-state index is 15.0. The second-order valence-electron chi connectivity index (χ2n) is 15.1. The molecule has 0 unspecified atom stereocenters. The van der Waals surface area contributed by atoms with Crippen LogP contribution in [0, 0.1) is 17.7 Å². The Kier molecular flexibility index (Phi) is 11.6. The van der Waals surface area contributed by atoms with E-state index in [1.807, 2.05) is 24.9 Å². The molecule has 4 saturated heterocycles. The van der Waals surface area contributed by atoms with Crippen molar-refractivity contribution < 1.29 is 28.1 Å². The number of carbonyl (C=O) groups excluding carboxylic acids is 1. The molecular formula is C39H55FN4O5S. The second kappa shape index (κ2) is 16.1. The summed E-state index contributed by atoms with van der Waals surface area (Å²) in [5.74, 6) is 1.30. The number of amides is 1. The Labute approximate surface area is 301 Å². The van der Waals surface area contributed by atoms with E-state index in [9.17, 15) is 4.79 Å². The maximum atomic E-state index is 15.0. The number of rotatable bonds is 13. The molecule has 0 bridgehead atoms. The van der Waals surface area contributed by atoms with Gasteiger partial charge in [0.05, 0.1) is 46.1 Å². The average Bonchev–Trinajstić information content (AvgIpc) is 3.58. The number of nitrogens with zero attached hydrogens (tertiary/aromatic N) is 3. The van der Waals surface area contributed by atoms with Gasteiger partial charge in [0.2, 0.25) is 0 Å². The number of alkyl carbamates (subject to hydrolysis) is 1. The minimum atomic E-state index is -0.372. The normalized spacial score (nSPS) is 27.3. The van der Waals surface area contributed by atoms with E-state index in [2.05, 4.69) is 50.3 Å². The molecule has 1 amide bonds. The third-order valence-electron chi connectivity index (χ3n) is 12.2. The molecule has 274 valence electrons. The first kappa shape index (κ1) is 36.0. The number of anilines is 1. The molecule has 1 aliphatic carbocycles. The van der Waals surface area contributed by atoms with Gasteiger partial charge in [0.15, 0.2) is 0 Å². The SMILES string of the molecule is COC(=O)N[C@H]1CCC[C@@H]1[C@](CN1CCC1)(c1cccc(F)c1)C1CCN(CC2(OC)CN(c3ccc(SC[C@@H]4COCCO4)cc3)C2)CC1. The number of thioether (sulfide) groups is 1. The van der Waals surface area contributed by atoms with Crippen molar-refractivity contribution in [2.45, 2.75) is 66.6 Å². The van der Waals surface area contributed by atoms with Crippen molar-refractivity contribution in [3.63, 3.8) is 0 Å². The summed E-state index contributed by atoms with van der Waals surface area (Å²) in [6.45, 7) is 9.73. The molecular weight excluding hydrogens is 656 g/mol. The van der Waals surface area contributed by atoms with Gasteiger partial charge in [-0.25, -0.2) is 9.18 Å². The van der Waals surface area contributed by atoms with Crippen LogP contribution >= 0.6 is 11.8 Å². The number of hydrogen-bond donors (Lipinski definition) is 1. The van der Waals surface area contributed by atoms with Crippen LogP contribution < -0.4 is 10.2 Å². The molecule has 1 saturated carbocycles. The predicted octanol–water partition coefficient (Wildman–Crippen LogP) is 5.42. The number of halogens is 1. The summed E-state index contributed by atoms with van der Waals surface area (Å²) in [5, 5.41) is 3.20. The monoisotopic (exact) mass is 710 g/mol. The molecule has 1 N–H and O–H groups in total. The molecule has 4 aliphatic heterocycles. The lowest BCUT2D eigenvalue weighted by Crippen LogP contribution is -2.68. The van der Waals surface area contributed by atoms with Crippen LogP contribution in [0.2, 0.25) is 0 Å². The lowest BCUT2D eigenvalue weighted by molar-refractivity contribution is -0.0776. The molecule has 0 radical (unpaired) electrons. The number of hydrogen-bond acceptors (Lipinski definition) is 9. The highest BCUT2D eigenvalue weighted by Crippen LogP contribution is 2.51. The third-order valence-corrected chi connectivity index (χ3v) is 13.3. The van der Waals surface area contributed by atoms with Gasteiger partial charge in [-0.2, -0.15) is 0 Å². The van der Waals surface area contributed by atoms with Gasteiger partial charge in [0.1, 0.15) is 11.4 Å². The minimum Gasteiger partial charge on any atom is -0.453 e. The van der Waals surface area contributed by atoms with Crippen molar-refractivity contribution in [1.29, 1.82) is 0 Å². The number of ether oxygens (including phenoxy) is 4. The number of methoxy groups -OCH3 is 2. The Hall–Kier alpha value is -2.41. The van der Waals surface area contributed by atoms with Crippen molar-refractivity contribution in [2.75, 3.05) is 97.1 Å². The summed E-state index contributed by atoms with van der Waals surface area (Å²) in [5.41, 5.74) is 1.87. The number of piperidine rings is 1. The fourth-order valence-electron chi connectivity index (χ4n) is 9.45. The van der Waals surface area contributed by atoms with Gasteiger partial charge < -0.3 is 39.0 Å². The zero-order valence-corrected chi connectivity index (χ0v) is 30.6. The summed E-state index contributed by atoms with van der Waals surface area (Å²) in [4.78, 5) is 21.3. The van der Waals surface area contributed by atoms with Gasteiger partial charge >= 0.3 is 6.09 Å². The molecule has 5 fully saturated rings. The Bertz CT molecular complexity index is 1410. The van der Waals surface area contributed by atoms with E-state index in [0.717, 1.165) is 95.8 Å². The molecule has 2 aromatic rings. The number of nitrogens with one attached hydrogen (secondary N) is 1. The zero-order valence-electron chi connectivity index (χ0n) is 29.8. The second-order valence-corrected chi connectivity index (χ2v) is 16.2. The van der Waals surface area contributed by atoms with E-state index in [1.165, 1.54) is 24.1 Å². The molecule has 11 heteroatoms. The first-order chi connectivity index (χ1) is 24.4. The number of carbonyl (C=O) groups is 1. The summed E-state index contributed by atoms with van der Waals surface area (Å²) in [6, 6.07) is 16.2. The van der Waals surface area contributed by atoms with E-state index >= 15 is 4.39 Å². The van der Waals surface area contributed by atoms with Gasteiger partial charge in [-0.05, 0) is 112 Å². The van der Waals surface area contributed by atoms with Gasteiger partial charge in [0.25, 0.3) is 0 Å². The summed E-state index contributed by atoms with van der Waals surface area (Å²) in [6.07, 6.45) is 6.06. The molecule has 50 heavy (non-hydrogen) atoms. The van der Waals surface area contributed by atoms with Gasteiger partial charge in [0, 0.05) is 48.0 Å². The van der Waals surface area contributed by atoms with Crippen LogP contribution in [0.4, 0.5) is 14.9 Å². The van der Waals surface area contributed by atoms with E-state index < -0.39 is 0 Å². The van der Waals surface area contributed by atoms with E-state index in [-0.39, 0.29) is 41.0 Å². The van der Waals surface area contributed by atoms with Gasteiger partial charge in [-0.15, -0.1) is 11.8 Å². The fraction of sp³-hybridized carbons (Fsp3) is 0.667. The lowest BCUT2D eigenvalue weighted by atomic mass is 9.57. The molecule has 0 spiro atoms. The first-order valence-electron chi connectivity index (χ1n) is 18.7. The van der Waals surface area contributed by atoms with Crippen molar-refractivity contribution in [2.24, 2.45) is 11.8 Å². The van der Waals surface area contributed by atoms with Crippen LogP contribution in [-0.2, 0) is 24.4 Å². The smallest absolute Gasteiger partial charge is 0.407 e. The standard InChI is InChI=1S/C39H55FN4O5S/c1-46-37(45)41-36-9-4-8-35(36)39(28-42-16-5-17-42,30-6-3-7-31(40)22-30)29-14-18-43(19-15-29)25-38(47-2)26-44(27-38)32-10-12-34(13-11-32)50-24-33-23-48-20-21-49-33/h3,6-7,10-13,22,29,33,35-36H,4-5,8-9,14-21,23-28H2,1-2H3,(H,41,45)/t33-,35-,36-,39-/m0/s1. The fourth-order valence-corrected chi connectivity index (χ4v) is 10.4. The topological polar surface area (TPSA) is 75.7 Å². The Morgan fingerprint density at radius 3 is 2.46 bits per heavy atom. The largest absolute Gasteiger partial charge is 0.453 e. The Morgan fingerprint density at radius 2 is 1.80 bits per heavy atom. The lowest BCUT2D eigenvalue weighted by Gasteiger charge is -2.55. The predicted molar refractivity (Wildman–Crippen MR) is 195 cm³/mol. The van der Waals surface area contributed by atoms with E-state index in [4.69, 9.17) is 18.9 Å². The highest BCUT2D eigenvalue weighted by molar-refractivity contribution is 7.99. The quantitative estimate of drug-likeness (QED) is 0.275. The number of likely N-dealkylation sites (tertiary alicyclic amines) is 2. The van der Waals surface area contributed by atoms with Crippen molar-refractivity contribution in [3.05, 3.63) is 59.9 Å². The van der Waals surface area contributed by atoms with Crippen molar-refractivity contribution in [3.8, 4) is 0 Å². The van der Waals surface area contributed by atoms with E-state index in [1.54, 1.807) is 12.1 Å². The van der Waals surface area contributed by atoms with Crippen LogP contribution in [0.25, 0.3) is 0 Å². The van der Waals surface area contributed by atoms with Gasteiger partial charge in [-0.1, -0.05) is 18.6 Å². The van der Waals surface area contributed by atoms with Gasteiger partial charge in [-0.3, -0.25) is 0 Å². The number of benzene rings is 2. The van der Waals surface area contributed by atoms with Crippen LogP contribution in [0.3, 0.4) is 0 Å². The average molecular weight is 711 g/mol. The Morgan fingerprint density at radius 1 is 1.00 bits per heavy atom. The highest BCUT2D eigenvalue weighted by Gasteiger charge is 2.54. The van der Waals surface area contributed by atoms with Crippen LogP contribution in [0.1, 0.15) is 44.1 Å². The summed E-state index contributed by atoms with van der Waals surface area (Å²) < 4.78 is 37.7. The zero-order chi connectivity index (χ0) is 34.6. The van der Waals surface area contributed by atoms with E-state index in [0.29, 0.717) is 25.7 Å². The van der Waals surface area contributed by atoms with Crippen LogP contribution in [0.15, 0.2) is 53.4 Å². The molecule has 4 atom stereocenters. The Balaban J connectivity index is 1.01. The van der Waals surface area contributed by atoms with Crippen molar-refractivity contribution >= 4 is 23.5 Å². The third kappa shape index (κ3) is 7.83. The molecule has 9 nitrogen and oxygen atoms in total. The minimum absolute atomic E-state index is 0.0101.